The molecule has 1 aromatic rings. The van der Waals surface area contributed by atoms with Crippen LogP contribution in [0.25, 0.3) is 0 Å². The zero-order valence-corrected chi connectivity index (χ0v) is 9.80. The maximum atomic E-state index is 5.35. The summed E-state index contributed by atoms with van der Waals surface area (Å²) >= 11 is 0. The van der Waals surface area contributed by atoms with Crippen molar-refractivity contribution in [2.45, 2.75) is 44.4 Å². The normalized spacial score (nSPS) is 25.8. The minimum absolute atomic E-state index is 0.480. The van der Waals surface area contributed by atoms with E-state index in [1.807, 2.05) is 11.8 Å². The molecule has 5 heteroatoms. The second kappa shape index (κ2) is 5.96. The third-order valence-electron chi connectivity index (χ3n) is 3.25. The van der Waals surface area contributed by atoms with Crippen LogP contribution in [0.4, 0.5) is 0 Å². The van der Waals surface area contributed by atoms with Crippen LogP contribution in [0.1, 0.15) is 25.7 Å². The summed E-state index contributed by atoms with van der Waals surface area (Å²) in [6.45, 7) is 1.86. The summed E-state index contributed by atoms with van der Waals surface area (Å²) in [7, 11) is 1.81. The molecule has 1 aliphatic rings. The van der Waals surface area contributed by atoms with Crippen LogP contribution in [0, 0.1) is 0 Å². The zero-order chi connectivity index (χ0) is 11.2. The first kappa shape index (κ1) is 11.5. The van der Waals surface area contributed by atoms with Crippen molar-refractivity contribution in [1.29, 1.82) is 0 Å². The number of rotatable bonds is 5. The Hall–Kier alpha value is -0.940. The van der Waals surface area contributed by atoms with Crippen molar-refractivity contribution < 1.29 is 4.74 Å². The third kappa shape index (κ3) is 3.28. The summed E-state index contributed by atoms with van der Waals surface area (Å²) in [5.74, 6) is 0. The van der Waals surface area contributed by atoms with E-state index in [1.165, 1.54) is 25.7 Å². The van der Waals surface area contributed by atoms with Gasteiger partial charge in [0.2, 0.25) is 0 Å². The number of ether oxygens (including phenoxy) is 1. The van der Waals surface area contributed by atoms with Gasteiger partial charge in [0.15, 0.2) is 0 Å². The average Bonchev–Trinajstić information content (AvgIpc) is 2.83. The molecule has 0 saturated heterocycles. The van der Waals surface area contributed by atoms with Gasteiger partial charge in [-0.05, 0) is 25.7 Å². The first-order valence-corrected chi connectivity index (χ1v) is 5.97. The summed E-state index contributed by atoms with van der Waals surface area (Å²) < 4.78 is 7.21. The first-order chi connectivity index (χ1) is 7.88. The Bertz CT molecular complexity index is 280. The standard InChI is InChI=1S/C11H20N4O/c1-16-11-4-2-10(3-5-11)13-6-7-15-9-12-8-14-15/h8-11,13H,2-7H2,1H3. The van der Waals surface area contributed by atoms with Gasteiger partial charge in [-0.25, -0.2) is 4.98 Å². The lowest BCUT2D eigenvalue weighted by atomic mass is 9.93. The number of nitrogens with zero attached hydrogens (tertiary/aromatic N) is 3. The van der Waals surface area contributed by atoms with Gasteiger partial charge in [-0.2, -0.15) is 5.10 Å². The molecule has 90 valence electrons. The van der Waals surface area contributed by atoms with Gasteiger partial charge < -0.3 is 10.1 Å². The van der Waals surface area contributed by atoms with Gasteiger partial charge >= 0.3 is 0 Å². The SMILES string of the molecule is COC1CCC(NCCn2cncn2)CC1. The average molecular weight is 224 g/mol. The molecule has 2 rings (SSSR count). The second-order valence-corrected chi connectivity index (χ2v) is 4.32. The van der Waals surface area contributed by atoms with Gasteiger partial charge in [0.25, 0.3) is 0 Å². The predicted molar refractivity (Wildman–Crippen MR) is 61.1 cm³/mol. The topological polar surface area (TPSA) is 52.0 Å². The van der Waals surface area contributed by atoms with Crippen molar-refractivity contribution in [1.82, 2.24) is 20.1 Å². The molecule has 16 heavy (non-hydrogen) atoms. The Morgan fingerprint density at radius 2 is 2.19 bits per heavy atom. The fraction of sp³-hybridized carbons (Fsp3) is 0.818. The number of hydrogen-bond acceptors (Lipinski definition) is 4. The van der Waals surface area contributed by atoms with Gasteiger partial charge in [-0.15, -0.1) is 0 Å². The van der Waals surface area contributed by atoms with E-state index in [9.17, 15) is 0 Å². The Kier molecular flexibility index (Phi) is 4.30. The lowest BCUT2D eigenvalue weighted by Crippen LogP contribution is -2.36. The van der Waals surface area contributed by atoms with E-state index in [2.05, 4.69) is 15.4 Å². The van der Waals surface area contributed by atoms with E-state index in [0.717, 1.165) is 13.1 Å². The molecule has 1 heterocycles. The Balaban J connectivity index is 1.60. The monoisotopic (exact) mass is 224 g/mol. The van der Waals surface area contributed by atoms with Gasteiger partial charge in [0, 0.05) is 19.7 Å². The van der Waals surface area contributed by atoms with Crippen molar-refractivity contribution in [3.05, 3.63) is 12.7 Å². The van der Waals surface area contributed by atoms with E-state index in [-0.39, 0.29) is 0 Å². The molecule has 0 aromatic carbocycles. The van der Waals surface area contributed by atoms with Crippen LogP contribution in [0.5, 0.6) is 0 Å². The lowest BCUT2D eigenvalue weighted by molar-refractivity contribution is 0.0625. The van der Waals surface area contributed by atoms with Gasteiger partial charge in [0.05, 0.1) is 12.6 Å². The molecule has 0 radical (unpaired) electrons. The van der Waals surface area contributed by atoms with Gasteiger partial charge in [0.1, 0.15) is 12.7 Å². The third-order valence-corrected chi connectivity index (χ3v) is 3.25. The Labute approximate surface area is 96.2 Å². The van der Waals surface area contributed by atoms with E-state index >= 15 is 0 Å². The molecule has 1 saturated carbocycles. The molecule has 1 aromatic heterocycles. The summed E-state index contributed by atoms with van der Waals surface area (Å²) in [5, 5.41) is 7.63. The molecule has 1 aliphatic carbocycles. The van der Waals surface area contributed by atoms with E-state index in [1.54, 1.807) is 12.7 Å². The highest BCUT2D eigenvalue weighted by atomic mass is 16.5. The molecule has 0 amide bonds. The van der Waals surface area contributed by atoms with E-state index < -0.39 is 0 Å². The number of nitrogens with one attached hydrogen (secondary N) is 1. The van der Waals surface area contributed by atoms with Crippen molar-refractivity contribution in [2.24, 2.45) is 0 Å². The van der Waals surface area contributed by atoms with Crippen LogP contribution < -0.4 is 5.32 Å². The first-order valence-electron chi connectivity index (χ1n) is 5.97. The second-order valence-electron chi connectivity index (χ2n) is 4.32. The molecule has 0 atom stereocenters. The van der Waals surface area contributed by atoms with E-state index in [4.69, 9.17) is 4.74 Å². The fourth-order valence-corrected chi connectivity index (χ4v) is 2.23. The molecule has 0 spiro atoms. The lowest BCUT2D eigenvalue weighted by Gasteiger charge is -2.28. The van der Waals surface area contributed by atoms with Crippen LogP contribution in [0.2, 0.25) is 0 Å². The number of aromatic nitrogens is 3. The molecule has 0 unspecified atom stereocenters. The molecule has 0 bridgehead atoms. The summed E-state index contributed by atoms with van der Waals surface area (Å²) in [4.78, 5) is 3.92. The predicted octanol–water partition coefficient (Wildman–Crippen LogP) is 0.825. The highest BCUT2D eigenvalue weighted by Gasteiger charge is 2.19. The summed E-state index contributed by atoms with van der Waals surface area (Å²) in [6.07, 6.45) is 8.60. The number of methoxy groups -OCH3 is 1. The molecular formula is C11H20N4O. The maximum absolute atomic E-state index is 5.35. The highest BCUT2D eigenvalue weighted by molar-refractivity contribution is 4.77. The smallest absolute Gasteiger partial charge is 0.137 e. The van der Waals surface area contributed by atoms with Crippen molar-refractivity contribution in [3.8, 4) is 0 Å². The quantitative estimate of drug-likeness (QED) is 0.804. The van der Waals surface area contributed by atoms with Gasteiger partial charge in [-0.1, -0.05) is 0 Å². The fourth-order valence-electron chi connectivity index (χ4n) is 2.23. The largest absolute Gasteiger partial charge is 0.381 e. The minimum Gasteiger partial charge on any atom is -0.381 e. The van der Waals surface area contributed by atoms with Crippen LogP contribution >= 0.6 is 0 Å². The maximum Gasteiger partial charge on any atom is 0.137 e. The summed E-state index contributed by atoms with van der Waals surface area (Å²) in [6, 6.07) is 0.648. The highest BCUT2D eigenvalue weighted by Crippen LogP contribution is 2.20. The van der Waals surface area contributed by atoms with Crippen LogP contribution in [-0.4, -0.2) is 40.6 Å². The van der Waals surface area contributed by atoms with Crippen molar-refractivity contribution >= 4 is 0 Å². The van der Waals surface area contributed by atoms with Crippen LogP contribution in [0.15, 0.2) is 12.7 Å². The Morgan fingerprint density at radius 1 is 1.38 bits per heavy atom. The number of hydrogen-bond donors (Lipinski definition) is 1. The molecule has 5 nitrogen and oxygen atoms in total. The van der Waals surface area contributed by atoms with Crippen LogP contribution in [-0.2, 0) is 11.3 Å². The summed E-state index contributed by atoms with van der Waals surface area (Å²) in [5.41, 5.74) is 0. The molecular weight excluding hydrogens is 204 g/mol. The minimum atomic E-state index is 0.480. The molecule has 1 fully saturated rings. The van der Waals surface area contributed by atoms with Crippen molar-refractivity contribution in [3.63, 3.8) is 0 Å². The van der Waals surface area contributed by atoms with Gasteiger partial charge in [-0.3, -0.25) is 4.68 Å². The van der Waals surface area contributed by atoms with Crippen molar-refractivity contribution in [2.75, 3.05) is 13.7 Å². The van der Waals surface area contributed by atoms with E-state index in [0.29, 0.717) is 12.1 Å². The Morgan fingerprint density at radius 3 is 2.81 bits per heavy atom. The van der Waals surface area contributed by atoms with Crippen LogP contribution in [0.3, 0.4) is 0 Å². The molecule has 0 aliphatic heterocycles. The zero-order valence-electron chi connectivity index (χ0n) is 9.80. The molecule has 1 N–H and O–H groups in total.